The first-order valence-electron chi connectivity index (χ1n) is 8.94. The van der Waals surface area contributed by atoms with Gasteiger partial charge in [-0.3, -0.25) is 9.67 Å². The zero-order valence-electron chi connectivity index (χ0n) is 15.8. The number of hydrogen-bond donors (Lipinski definition) is 2. The topological polar surface area (TPSA) is 54.2 Å². The lowest BCUT2D eigenvalue weighted by Crippen LogP contribution is -2.45. The lowest BCUT2D eigenvalue weighted by Gasteiger charge is -2.24. The van der Waals surface area contributed by atoms with Gasteiger partial charge in [-0.05, 0) is 38.3 Å². The van der Waals surface area contributed by atoms with E-state index in [1.807, 2.05) is 4.68 Å². The van der Waals surface area contributed by atoms with E-state index in [0.717, 1.165) is 31.0 Å². The Morgan fingerprint density at radius 3 is 2.81 bits per heavy atom. The standard InChI is InChI=1S/C19H25F2N5.HI/c1-12(2)26-11-14-5-7-16(9-18(14)25-26)24-19(22-3)23-10-13-4-6-15(20)8-17(13)21;/h4,6,8,11-12,16H,5,7,9-10H2,1-3H3,(H2,22,23,24);1H. The number of aryl methyl sites for hydroxylation is 1. The maximum atomic E-state index is 13.7. The largest absolute Gasteiger partial charge is 0.353 e. The van der Waals surface area contributed by atoms with Crippen LogP contribution in [-0.2, 0) is 19.4 Å². The molecule has 0 radical (unpaired) electrons. The van der Waals surface area contributed by atoms with Crippen molar-refractivity contribution in [3.8, 4) is 0 Å². The van der Waals surface area contributed by atoms with Crippen molar-refractivity contribution >= 4 is 29.9 Å². The predicted molar refractivity (Wildman–Crippen MR) is 114 cm³/mol. The third-order valence-electron chi connectivity index (χ3n) is 4.65. The van der Waals surface area contributed by atoms with Crippen molar-refractivity contribution in [2.24, 2.45) is 4.99 Å². The number of benzene rings is 1. The van der Waals surface area contributed by atoms with Crippen molar-refractivity contribution in [3.05, 3.63) is 52.9 Å². The summed E-state index contributed by atoms with van der Waals surface area (Å²) in [4.78, 5) is 4.21. The summed E-state index contributed by atoms with van der Waals surface area (Å²) < 4.78 is 28.7. The number of halogens is 3. The van der Waals surface area contributed by atoms with Gasteiger partial charge in [0.2, 0.25) is 0 Å². The Balaban J connectivity index is 0.00000261. The molecule has 1 unspecified atom stereocenters. The number of fused-ring (bicyclic) bond motifs is 1. The van der Waals surface area contributed by atoms with Crippen LogP contribution in [0.2, 0.25) is 0 Å². The molecule has 0 saturated carbocycles. The van der Waals surface area contributed by atoms with E-state index in [0.29, 0.717) is 17.6 Å². The van der Waals surface area contributed by atoms with E-state index in [9.17, 15) is 8.78 Å². The fourth-order valence-electron chi connectivity index (χ4n) is 3.13. The van der Waals surface area contributed by atoms with Gasteiger partial charge in [-0.25, -0.2) is 8.78 Å². The Hall–Kier alpha value is -1.71. The SMILES string of the molecule is CN=C(NCc1ccc(F)cc1F)NC1CCc2cn(C(C)C)nc2C1.I. The fraction of sp³-hybridized carbons (Fsp3) is 0.474. The molecule has 5 nitrogen and oxygen atoms in total. The second-order valence-electron chi connectivity index (χ2n) is 6.92. The second kappa shape index (κ2) is 9.48. The van der Waals surface area contributed by atoms with Crippen LogP contribution in [0.25, 0.3) is 0 Å². The van der Waals surface area contributed by atoms with Gasteiger partial charge in [-0.2, -0.15) is 5.10 Å². The van der Waals surface area contributed by atoms with Crippen LogP contribution >= 0.6 is 24.0 Å². The molecule has 1 aromatic heterocycles. The van der Waals surface area contributed by atoms with Gasteiger partial charge in [0, 0.05) is 49.9 Å². The molecule has 1 atom stereocenters. The fourth-order valence-corrected chi connectivity index (χ4v) is 3.13. The number of nitrogens with one attached hydrogen (secondary N) is 2. The summed E-state index contributed by atoms with van der Waals surface area (Å²) in [6.45, 7) is 4.48. The second-order valence-corrected chi connectivity index (χ2v) is 6.92. The van der Waals surface area contributed by atoms with Crippen molar-refractivity contribution in [1.82, 2.24) is 20.4 Å². The monoisotopic (exact) mass is 489 g/mol. The molecule has 1 aromatic carbocycles. The normalized spacial score (nSPS) is 16.7. The number of aliphatic imine (C=N–C) groups is 1. The first-order valence-corrected chi connectivity index (χ1v) is 8.94. The number of hydrogen-bond acceptors (Lipinski definition) is 2. The first kappa shape index (κ1) is 21.6. The Kier molecular flexibility index (Phi) is 7.58. The van der Waals surface area contributed by atoms with Crippen LogP contribution in [0.1, 0.15) is 43.1 Å². The van der Waals surface area contributed by atoms with Crippen molar-refractivity contribution in [2.45, 2.75) is 51.7 Å². The van der Waals surface area contributed by atoms with Gasteiger partial charge in [0.05, 0.1) is 5.69 Å². The van der Waals surface area contributed by atoms with Crippen molar-refractivity contribution in [3.63, 3.8) is 0 Å². The summed E-state index contributed by atoms with van der Waals surface area (Å²) in [5, 5.41) is 11.1. The molecule has 0 aliphatic heterocycles. The van der Waals surface area contributed by atoms with Crippen LogP contribution in [0.15, 0.2) is 29.4 Å². The average molecular weight is 489 g/mol. The van der Waals surface area contributed by atoms with Crippen LogP contribution in [0, 0.1) is 11.6 Å². The zero-order valence-corrected chi connectivity index (χ0v) is 18.1. The lowest BCUT2D eigenvalue weighted by atomic mass is 9.94. The summed E-state index contributed by atoms with van der Waals surface area (Å²) in [6, 6.07) is 4.16. The lowest BCUT2D eigenvalue weighted by molar-refractivity contribution is 0.499. The maximum absolute atomic E-state index is 13.7. The van der Waals surface area contributed by atoms with E-state index in [2.05, 4.69) is 40.8 Å². The van der Waals surface area contributed by atoms with Crippen LogP contribution in [0.4, 0.5) is 8.78 Å². The Bertz CT molecular complexity index is 803. The Morgan fingerprint density at radius 2 is 2.15 bits per heavy atom. The minimum Gasteiger partial charge on any atom is -0.353 e. The highest BCUT2D eigenvalue weighted by Gasteiger charge is 2.23. The molecule has 0 bridgehead atoms. The van der Waals surface area contributed by atoms with Crippen LogP contribution < -0.4 is 10.6 Å². The van der Waals surface area contributed by atoms with Crippen LogP contribution in [0.3, 0.4) is 0 Å². The Morgan fingerprint density at radius 1 is 1.37 bits per heavy atom. The van der Waals surface area contributed by atoms with Crippen LogP contribution in [-0.4, -0.2) is 28.8 Å². The van der Waals surface area contributed by atoms with E-state index < -0.39 is 11.6 Å². The number of nitrogens with zero attached hydrogens (tertiary/aromatic N) is 3. The minimum absolute atomic E-state index is 0. The molecule has 0 fully saturated rings. The highest BCUT2D eigenvalue weighted by atomic mass is 127. The highest BCUT2D eigenvalue weighted by molar-refractivity contribution is 14.0. The summed E-state index contributed by atoms with van der Waals surface area (Å²) in [5.74, 6) is -0.535. The molecule has 0 spiro atoms. The van der Waals surface area contributed by atoms with Crippen molar-refractivity contribution < 1.29 is 8.78 Å². The summed E-state index contributed by atoms with van der Waals surface area (Å²) in [6.07, 6.45) is 4.94. The summed E-state index contributed by atoms with van der Waals surface area (Å²) in [7, 11) is 1.68. The molecule has 1 heterocycles. The number of guanidine groups is 1. The smallest absolute Gasteiger partial charge is 0.191 e. The molecule has 2 N–H and O–H groups in total. The van der Waals surface area contributed by atoms with Gasteiger partial charge in [0.15, 0.2) is 5.96 Å². The van der Waals surface area contributed by atoms with Crippen molar-refractivity contribution in [1.29, 1.82) is 0 Å². The molecule has 27 heavy (non-hydrogen) atoms. The van der Waals surface area contributed by atoms with Gasteiger partial charge in [-0.15, -0.1) is 24.0 Å². The predicted octanol–water partition coefficient (Wildman–Crippen LogP) is 3.58. The third kappa shape index (κ3) is 5.40. The number of rotatable bonds is 4. The maximum Gasteiger partial charge on any atom is 0.191 e. The van der Waals surface area contributed by atoms with Gasteiger partial charge >= 0.3 is 0 Å². The zero-order chi connectivity index (χ0) is 18.7. The molecule has 1 aliphatic carbocycles. The van der Waals surface area contributed by atoms with Gasteiger partial charge in [-0.1, -0.05) is 6.07 Å². The molecule has 0 saturated heterocycles. The molecule has 1 aliphatic rings. The Labute approximate surface area is 175 Å². The molecular formula is C19H26F2IN5. The third-order valence-corrected chi connectivity index (χ3v) is 4.65. The molecular weight excluding hydrogens is 463 g/mol. The summed E-state index contributed by atoms with van der Waals surface area (Å²) in [5.41, 5.74) is 2.84. The van der Waals surface area contributed by atoms with E-state index in [1.54, 1.807) is 7.05 Å². The van der Waals surface area contributed by atoms with E-state index in [1.165, 1.54) is 17.7 Å². The van der Waals surface area contributed by atoms with Gasteiger partial charge in [0.1, 0.15) is 11.6 Å². The van der Waals surface area contributed by atoms with Crippen molar-refractivity contribution in [2.75, 3.05) is 7.05 Å². The number of aromatic nitrogens is 2. The van der Waals surface area contributed by atoms with Crippen LogP contribution in [0.5, 0.6) is 0 Å². The van der Waals surface area contributed by atoms with E-state index in [-0.39, 0.29) is 36.6 Å². The molecule has 8 heteroatoms. The molecule has 0 amide bonds. The molecule has 2 aromatic rings. The molecule has 3 rings (SSSR count). The summed E-state index contributed by atoms with van der Waals surface area (Å²) >= 11 is 0. The minimum atomic E-state index is -0.576. The quantitative estimate of drug-likeness (QED) is 0.392. The van der Waals surface area contributed by atoms with E-state index >= 15 is 0 Å². The first-order chi connectivity index (χ1) is 12.5. The average Bonchev–Trinajstić information content (AvgIpc) is 3.03. The van der Waals surface area contributed by atoms with E-state index in [4.69, 9.17) is 0 Å². The van der Waals surface area contributed by atoms with Gasteiger partial charge in [0.25, 0.3) is 0 Å². The molecule has 148 valence electrons. The van der Waals surface area contributed by atoms with Gasteiger partial charge < -0.3 is 10.6 Å². The highest BCUT2D eigenvalue weighted by Crippen LogP contribution is 2.21.